The van der Waals surface area contributed by atoms with E-state index in [4.69, 9.17) is 0 Å². The molecule has 29 heavy (non-hydrogen) atoms. The highest BCUT2D eigenvalue weighted by molar-refractivity contribution is 5.77. The van der Waals surface area contributed by atoms with E-state index in [0.29, 0.717) is 6.04 Å². The Morgan fingerprint density at radius 1 is 0.897 bits per heavy atom. The van der Waals surface area contributed by atoms with Crippen molar-refractivity contribution in [3.8, 4) is 0 Å². The summed E-state index contributed by atoms with van der Waals surface area (Å²) in [4.78, 5) is 6.79. The van der Waals surface area contributed by atoms with Crippen molar-refractivity contribution in [2.24, 2.45) is 4.99 Å². The van der Waals surface area contributed by atoms with Crippen molar-refractivity contribution in [1.29, 1.82) is 0 Å². The summed E-state index contributed by atoms with van der Waals surface area (Å²) in [6.07, 6.45) is 11.4. The number of unbranched alkanes of at least 4 members (excludes halogenated alkanes) is 2. The van der Waals surface area contributed by atoms with Crippen LogP contribution in [0, 0.1) is 0 Å². The maximum atomic E-state index is 14.0. The second-order valence-electron chi connectivity index (χ2n) is 6.11. The predicted octanol–water partition coefficient (Wildman–Crippen LogP) is 9.72. The molecule has 3 heteroatoms. The van der Waals surface area contributed by atoms with E-state index < -0.39 is 0 Å². The Kier molecular flexibility index (Phi) is 35.4. The number of halogens is 1. The van der Waals surface area contributed by atoms with E-state index in [9.17, 15) is 4.39 Å². The van der Waals surface area contributed by atoms with Crippen LogP contribution in [0.2, 0.25) is 0 Å². The molecule has 0 N–H and O–H groups in total. The summed E-state index contributed by atoms with van der Waals surface area (Å²) in [5.74, 6) is 0.685. The molecule has 2 nitrogen and oxygen atoms in total. The molecule has 0 bridgehead atoms. The fraction of sp³-hybridized carbons (Fsp3) is 0.808. The molecule has 0 aliphatic heterocycles. The molecule has 0 saturated carbocycles. The Balaban J connectivity index is -0.000000472. The molecule has 0 heterocycles. The Morgan fingerprint density at radius 2 is 1.34 bits per heavy atom. The quantitative estimate of drug-likeness (QED) is 0.290. The molecule has 0 rings (SSSR count). The molecule has 0 aromatic heterocycles. The first-order chi connectivity index (χ1) is 14.0. The number of aliphatic imine (C=N–C) groups is 1. The van der Waals surface area contributed by atoms with Gasteiger partial charge in [0.2, 0.25) is 0 Å². The summed E-state index contributed by atoms with van der Waals surface area (Å²) < 4.78 is 14.0. The second-order valence-corrected chi connectivity index (χ2v) is 6.11. The van der Waals surface area contributed by atoms with Gasteiger partial charge in [-0.05, 0) is 51.7 Å². The van der Waals surface area contributed by atoms with E-state index in [1.807, 2.05) is 68.4 Å². The standard InChI is InChI=1S/C20H37FN2.3C2H6/c1-7-12-14-18(15-13-8-2)23(11-5)20(10-4)22-16-19(21)17(6)9-3;3*1-2/h10,16,18H,7-9,11-15H2,1-6H3;3*1-2H3/b19-17-,20-10+,22-16-;;;. The van der Waals surface area contributed by atoms with Crippen LogP contribution in [0.25, 0.3) is 0 Å². The van der Waals surface area contributed by atoms with Crippen molar-refractivity contribution >= 4 is 6.21 Å². The summed E-state index contributed by atoms with van der Waals surface area (Å²) in [7, 11) is 0. The van der Waals surface area contributed by atoms with Crippen molar-refractivity contribution in [1.82, 2.24) is 4.90 Å². The van der Waals surface area contributed by atoms with Crippen LogP contribution in [0.3, 0.4) is 0 Å². The van der Waals surface area contributed by atoms with Gasteiger partial charge in [-0.25, -0.2) is 9.38 Å². The first-order valence-corrected chi connectivity index (χ1v) is 12.4. The molecular formula is C26H55FN2. The summed E-state index contributed by atoms with van der Waals surface area (Å²) in [6, 6.07) is 0.502. The maximum absolute atomic E-state index is 14.0. The summed E-state index contributed by atoms with van der Waals surface area (Å²) in [5, 5.41) is 0. The third-order valence-electron chi connectivity index (χ3n) is 4.36. The van der Waals surface area contributed by atoms with Crippen molar-refractivity contribution in [2.75, 3.05) is 6.54 Å². The third-order valence-corrected chi connectivity index (χ3v) is 4.36. The fourth-order valence-corrected chi connectivity index (χ4v) is 2.66. The molecule has 0 aromatic rings. The fourth-order valence-electron chi connectivity index (χ4n) is 2.66. The van der Waals surface area contributed by atoms with Gasteiger partial charge < -0.3 is 4.90 Å². The highest BCUT2D eigenvalue weighted by Crippen LogP contribution is 2.21. The van der Waals surface area contributed by atoms with E-state index >= 15 is 0 Å². The topological polar surface area (TPSA) is 15.6 Å². The van der Waals surface area contributed by atoms with Crippen LogP contribution in [0.4, 0.5) is 4.39 Å². The summed E-state index contributed by atoms with van der Waals surface area (Å²) in [6.45, 7) is 25.3. The Morgan fingerprint density at radius 3 is 1.66 bits per heavy atom. The Hall–Kier alpha value is -1.12. The van der Waals surface area contributed by atoms with Crippen molar-refractivity contribution < 1.29 is 4.39 Å². The van der Waals surface area contributed by atoms with Gasteiger partial charge in [-0.2, -0.15) is 0 Å². The van der Waals surface area contributed by atoms with E-state index in [-0.39, 0.29) is 5.83 Å². The van der Waals surface area contributed by atoms with E-state index in [1.165, 1.54) is 44.7 Å². The highest BCUT2D eigenvalue weighted by Gasteiger charge is 2.18. The van der Waals surface area contributed by atoms with Crippen LogP contribution in [-0.2, 0) is 0 Å². The molecule has 0 aromatic carbocycles. The van der Waals surface area contributed by atoms with Crippen molar-refractivity contribution in [3.05, 3.63) is 23.3 Å². The zero-order valence-electron chi connectivity index (χ0n) is 22.2. The lowest BCUT2D eigenvalue weighted by molar-refractivity contribution is 0.228. The molecule has 0 atom stereocenters. The highest BCUT2D eigenvalue weighted by atomic mass is 19.1. The third kappa shape index (κ3) is 18.6. The molecule has 0 radical (unpaired) electrons. The molecule has 0 aliphatic rings. The predicted molar refractivity (Wildman–Crippen MR) is 136 cm³/mol. The lowest BCUT2D eigenvalue weighted by atomic mass is 10.0. The lowest BCUT2D eigenvalue weighted by Crippen LogP contribution is -2.34. The smallest absolute Gasteiger partial charge is 0.140 e. The van der Waals surface area contributed by atoms with Crippen molar-refractivity contribution in [2.45, 2.75) is 134 Å². The van der Waals surface area contributed by atoms with Crippen LogP contribution in [-0.4, -0.2) is 23.7 Å². The largest absolute Gasteiger partial charge is 0.354 e. The maximum Gasteiger partial charge on any atom is 0.140 e. The van der Waals surface area contributed by atoms with Crippen LogP contribution in [0.15, 0.2) is 28.3 Å². The van der Waals surface area contributed by atoms with Crippen LogP contribution < -0.4 is 0 Å². The zero-order chi connectivity index (χ0) is 23.7. The SMILES string of the molecule is CC.CC.CC.C\C=C(/N=C\C(F)=C(/C)CC)N(CC)C(CCCC)CCCC. The minimum Gasteiger partial charge on any atom is -0.354 e. The van der Waals surface area contributed by atoms with Gasteiger partial charge in [0.1, 0.15) is 11.6 Å². The second kappa shape index (κ2) is 29.1. The van der Waals surface area contributed by atoms with Gasteiger partial charge in [-0.15, -0.1) is 0 Å². The van der Waals surface area contributed by atoms with Crippen LogP contribution >= 0.6 is 0 Å². The van der Waals surface area contributed by atoms with Gasteiger partial charge in [0.05, 0.1) is 6.21 Å². The Bertz CT molecular complexity index is 390. The normalized spacial score (nSPS) is 11.6. The minimum atomic E-state index is -0.207. The van der Waals surface area contributed by atoms with Gasteiger partial charge in [0.15, 0.2) is 0 Å². The average Bonchev–Trinajstić information content (AvgIpc) is 2.80. The molecule has 176 valence electrons. The van der Waals surface area contributed by atoms with Gasteiger partial charge in [-0.3, -0.25) is 0 Å². The lowest BCUT2D eigenvalue weighted by Gasteiger charge is -2.33. The van der Waals surface area contributed by atoms with Gasteiger partial charge >= 0.3 is 0 Å². The molecule has 0 fully saturated rings. The Labute approximate surface area is 184 Å². The zero-order valence-corrected chi connectivity index (χ0v) is 22.2. The molecule has 0 spiro atoms. The van der Waals surface area contributed by atoms with Gasteiger partial charge in [-0.1, -0.05) is 88.0 Å². The van der Waals surface area contributed by atoms with E-state index in [1.54, 1.807) is 0 Å². The van der Waals surface area contributed by atoms with E-state index in [0.717, 1.165) is 24.4 Å². The first kappa shape index (κ1) is 35.3. The summed E-state index contributed by atoms with van der Waals surface area (Å²) in [5.41, 5.74) is 0.751. The molecular weight excluding hydrogens is 359 g/mol. The molecule has 0 saturated heterocycles. The number of hydrogen-bond donors (Lipinski definition) is 0. The van der Waals surface area contributed by atoms with Gasteiger partial charge in [0, 0.05) is 12.6 Å². The first-order valence-electron chi connectivity index (χ1n) is 12.4. The van der Waals surface area contributed by atoms with Crippen LogP contribution in [0.1, 0.15) is 128 Å². The van der Waals surface area contributed by atoms with Gasteiger partial charge in [0.25, 0.3) is 0 Å². The number of rotatable bonds is 12. The van der Waals surface area contributed by atoms with Crippen LogP contribution in [0.5, 0.6) is 0 Å². The van der Waals surface area contributed by atoms with Crippen molar-refractivity contribution in [3.63, 3.8) is 0 Å². The molecule has 0 aliphatic carbocycles. The average molecular weight is 415 g/mol. The number of hydrogen-bond acceptors (Lipinski definition) is 2. The number of nitrogens with zero attached hydrogens (tertiary/aromatic N) is 2. The summed E-state index contributed by atoms with van der Waals surface area (Å²) >= 11 is 0. The number of allylic oxidation sites excluding steroid dienone is 3. The monoisotopic (exact) mass is 414 g/mol. The molecule has 0 unspecified atom stereocenters. The minimum absolute atomic E-state index is 0.207. The molecule has 0 amide bonds. The van der Waals surface area contributed by atoms with E-state index in [2.05, 4.69) is 30.7 Å².